The van der Waals surface area contributed by atoms with Gasteiger partial charge in [-0.15, -0.1) is 0 Å². The van der Waals surface area contributed by atoms with Gasteiger partial charge in [0.25, 0.3) is 10.0 Å². The van der Waals surface area contributed by atoms with Crippen molar-refractivity contribution in [3.05, 3.63) is 76.5 Å². The average molecular weight is 504 g/mol. The quantitative estimate of drug-likeness (QED) is 0.313. The molecule has 0 bridgehead atoms. The molecule has 32 heavy (non-hydrogen) atoms. The molecule has 0 amide bonds. The van der Waals surface area contributed by atoms with E-state index in [0.29, 0.717) is 22.8 Å². The number of anilines is 1. The number of benzene rings is 1. The number of pyridine rings is 2. The molecule has 0 aliphatic carbocycles. The normalized spacial score (nSPS) is 12.3. The van der Waals surface area contributed by atoms with E-state index in [9.17, 15) is 26.8 Å². The van der Waals surface area contributed by atoms with E-state index in [4.69, 9.17) is 23.2 Å². The van der Waals surface area contributed by atoms with Crippen molar-refractivity contribution in [2.24, 2.45) is 0 Å². The highest BCUT2D eigenvalue weighted by Crippen LogP contribution is 2.36. The standard InChI is InChI=1S/C19H12Cl2F3N4O3S/c20-14-4-3-12(8-13(14)19(22,23)24)32(30,31)26-18-6-5-15(21)17-9-16(25-28(17)18)11-2-1-7-27(29)10-11/h1-10,26,29H/q+1. The second-order valence-electron chi connectivity index (χ2n) is 6.61. The Morgan fingerprint density at radius 2 is 1.78 bits per heavy atom. The van der Waals surface area contributed by atoms with E-state index in [1.165, 1.54) is 29.0 Å². The van der Waals surface area contributed by atoms with Gasteiger partial charge in [0.05, 0.1) is 37.3 Å². The summed E-state index contributed by atoms with van der Waals surface area (Å²) in [6.07, 6.45) is -2.05. The van der Waals surface area contributed by atoms with Gasteiger partial charge in [-0.25, -0.2) is 12.9 Å². The molecule has 0 fully saturated rings. The molecule has 1 aromatic carbocycles. The van der Waals surface area contributed by atoms with Gasteiger partial charge >= 0.3 is 6.18 Å². The number of nitrogens with one attached hydrogen (secondary N) is 1. The van der Waals surface area contributed by atoms with E-state index in [1.807, 2.05) is 0 Å². The van der Waals surface area contributed by atoms with Crippen molar-refractivity contribution < 1.29 is 31.5 Å². The molecule has 2 N–H and O–H groups in total. The van der Waals surface area contributed by atoms with Crippen molar-refractivity contribution in [3.8, 4) is 11.3 Å². The average Bonchev–Trinajstić information content (AvgIpc) is 3.16. The van der Waals surface area contributed by atoms with Crippen LogP contribution in [0.15, 0.2) is 65.8 Å². The molecule has 0 spiro atoms. The van der Waals surface area contributed by atoms with Gasteiger partial charge in [-0.3, -0.25) is 9.93 Å². The molecule has 0 aliphatic heterocycles. The fourth-order valence-corrected chi connectivity index (χ4v) is 4.45. The maximum atomic E-state index is 13.1. The lowest BCUT2D eigenvalue weighted by Crippen LogP contribution is -2.28. The summed E-state index contributed by atoms with van der Waals surface area (Å²) in [6, 6.07) is 9.83. The number of sulfonamides is 1. The Balaban J connectivity index is 1.78. The SMILES string of the molecule is O=S(=O)(Nc1ccc(Cl)c2cc(-c3ccc[n+](O)c3)nn12)c1ccc(Cl)c(C(F)(F)F)c1. The van der Waals surface area contributed by atoms with Gasteiger partial charge in [-0.1, -0.05) is 23.2 Å². The summed E-state index contributed by atoms with van der Waals surface area (Å²) in [4.78, 5) is -0.630. The highest BCUT2D eigenvalue weighted by molar-refractivity contribution is 7.92. The molecular weight excluding hydrogens is 492 g/mol. The predicted octanol–water partition coefficient (Wildman–Crippen LogP) is 4.65. The van der Waals surface area contributed by atoms with E-state index in [0.717, 1.165) is 16.9 Å². The first-order valence-electron chi connectivity index (χ1n) is 8.74. The molecular formula is C19H12Cl2F3N4O3S+. The molecule has 13 heteroatoms. The fraction of sp³-hybridized carbons (Fsp3) is 0.0526. The van der Waals surface area contributed by atoms with Crippen molar-refractivity contribution >= 4 is 44.6 Å². The molecule has 166 valence electrons. The summed E-state index contributed by atoms with van der Waals surface area (Å²) in [5.41, 5.74) is -0.0581. The molecule has 0 aliphatic rings. The van der Waals surface area contributed by atoms with Gasteiger partial charge in [0, 0.05) is 10.8 Å². The number of halogens is 5. The van der Waals surface area contributed by atoms with E-state index in [-0.39, 0.29) is 10.8 Å². The largest absolute Gasteiger partial charge is 0.417 e. The second-order valence-corrected chi connectivity index (χ2v) is 9.11. The lowest BCUT2D eigenvalue weighted by Gasteiger charge is -2.13. The summed E-state index contributed by atoms with van der Waals surface area (Å²) in [5, 5.41) is 13.6. The van der Waals surface area contributed by atoms with Crippen LogP contribution >= 0.6 is 23.2 Å². The van der Waals surface area contributed by atoms with Crippen molar-refractivity contribution in [2.75, 3.05) is 4.72 Å². The van der Waals surface area contributed by atoms with Gasteiger partial charge in [-0.05, 0) is 42.5 Å². The van der Waals surface area contributed by atoms with Crippen LogP contribution in [0.3, 0.4) is 0 Å². The Morgan fingerprint density at radius 3 is 2.47 bits per heavy atom. The molecule has 7 nitrogen and oxygen atoms in total. The van der Waals surface area contributed by atoms with E-state index >= 15 is 0 Å². The zero-order valence-electron chi connectivity index (χ0n) is 15.7. The van der Waals surface area contributed by atoms with Gasteiger partial charge in [0.1, 0.15) is 5.82 Å². The number of aromatic nitrogens is 3. The van der Waals surface area contributed by atoms with Crippen LogP contribution in [0.5, 0.6) is 0 Å². The Kier molecular flexibility index (Phi) is 5.43. The number of alkyl halides is 3. The molecule has 3 heterocycles. The molecule has 4 rings (SSSR count). The van der Waals surface area contributed by atoms with Crippen LogP contribution in [0.1, 0.15) is 5.56 Å². The molecule has 0 unspecified atom stereocenters. The van der Waals surface area contributed by atoms with Crippen LogP contribution in [-0.4, -0.2) is 23.2 Å². The van der Waals surface area contributed by atoms with E-state index in [1.54, 1.807) is 18.2 Å². The third-order valence-corrected chi connectivity index (χ3v) is 6.45. The Bertz CT molecular complexity index is 1460. The molecule has 0 atom stereocenters. The summed E-state index contributed by atoms with van der Waals surface area (Å²) in [5.74, 6) is -0.0630. The van der Waals surface area contributed by atoms with E-state index in [2.05, 4.69) is 9.82 Å². The first-order chi connectivity index (χ1) is 15.0. The number of hydrogen-bond donors (Lipinski definition) is 2. The molecule has 4 aromatic rings. The lowest BCUT2D eigenvalue weighted by molar-refractivity contribution is -0.904. The minimum absolute atomic E-state index is 0.0630. The fourth-order valence-electron chi connectivity index (χ4n) is 2.96. The zero-order valence-corrected chi connectivity index (χ0v) is 18.0. The molecule has 0 radical (unpaired) electrons. The smallest absolute Gasteiger partial charge is 0.285 e. The Hall–Kier alpha value is -3.02. The molecule has 0 saturated heterocycles. The van der Waals surface area contributed by atoms with E-state index < -0.39 is 31.7 Å². The topological polar surface area (TPSA) is 87.6 Å². The van der Waals surface area contributed by atoms with Crippen molar-refractivity contribution in [1.29, 1.82) is 0 Å². The van der Waals surface area contributed by atoms with Crippen LogP contribution in [0, 0.1) is 0 Å². The van der Waals surface area contributed by atoms with Crippen LogP contribution in [0.25, 0.3) is 16.8 Å². The molecule has 3 aromatic heterocycles. The monoisotopic (exact) mass is 503 g/mol. The van der Waals surface area contributed by atoms with Crippen molar-refractivity contribution in [3.63, 3.8) is 0 Å². The zero-order chi connectivity index (χ0) is 23.3. The summed E-state index contributed by atoms with van der Waals surface area (Å²) in [7, 11) is -4.44. The predicted molar refractivity (Wildman–Crippen MR) is 110 cm³/mol. The third-order valence-electron chi connectivity index (χ3n) is 4.44. The van der Waals surface area contributed by atoms with Crippen LogP contribution < -0.4 is 9.45 Å². The van der Waals surface area contributed by atoms with Gasteiger partial charge in [0.2, 0.25) is 12.4 Å². The van der Waals surface area contributed by atoms with Crippen molar-refractivity contribution in [2.45, 2.75) is 11.1 Å². The molecule has 0 saturated carbocycles. The van der Waals surface area contributed by atoms with Crippen LogP contribution in [0.4, 0.5) is 19.0 Å². The first-order valence-corrected chi connectivity index (χ1v) is 11.0. The summed E-state index contributed by atoms with van der Waals surface area (Å²) in [6.45, 7) is 0. The van der Waals surface area contributed by atoms with Gasteiger partial charge in [-0.2, -0.15) is 18.3 Å². The number of nitrogens with zero attached hydrogens (tertiary/aromatic N) is 3. The Labute approximate surface area is 189 Å². The number of fused-ring (bicyclic) bond motifs is 1. The van der Waals surface area contributed by atoms with Crippen LogP contribution in [0.2, 0.25) is 10.0 Å². The highest BCUT2D eigenvalue weighted by atomic mass is 35.5. The number of rotatable bonds is 4. The highest BCUT2D eigenvalue weighted by Gasteiger charge is 2.34. The lowest BCUT2D eigenvalue weighted by atomic mass is 10.2. The van der Waals surface area contributed by atoms with Gasteiger partial charge in [0.15, 0.2) is 0 Å². The Morgan fingerprint density at radius 1 is 1.06 bits per heavy atom. The minimum atomic E-state index is -4.83. The van der Waals surface area contributed by atoms with Gasteiger partial charge < -0.3 is 0 Å². The maximum Gasteiger partial charge on any atom is 0.417 e. The summed E-state index contributed by atoms with van der Waals surface area (Å²) >= 11 is 11.8. The maximum absolute atomic E-state index is 13.1. The van der Waals surface area contributed by atoms with Crippen molar-refractivity contribution in [1.82, 2.24) is 9.61 Å². The third kappa shape index (κ3) is 4.18. The second kappa shape index (κ2) is 7.84. The summed E-state index contributed by atoms with van der Waals surface area (Å²) < 4.78 is 69.3. The van der Waals surface area contributed by atoms with Crippen LogP contribution in [-0.2, 0) is 16.2 Å². The minimum Gasteiger partial charge on any atom is -0.285 e. The first kappa shape index (κ1) is 22.2. The number of hydrogen-bond acceptors (Lipinski definition) is 4.